The number of carboxylic acids is 1. The van der Waals surface area contributed by atoms with Crippen molar-refractivity contribution in [1.29, 1.82) is 0 Å². The molecule has 1 atom stereocenters. The zero-order valence-electron chi connectivity index (χ0n) is 21.2. The summed E-state index contributed by atoms with van der Waals surface area (Å²) in [6.45, 7) is 8.02. The van der Waals surface area contributed by atoms with Crippen LogP contribution in [-0.2, 0) is 27.5 Å². The fraction of sp³-hybridized carbons (Fsp3) is 0.480. The van der Waals surface area contributed by atoms with E-state index in [4.69, 9.17) is 0 Å². The number of hydrogen-bond donors (Lipinski definition) is 3. The van der Waals surface area contributed by atoms with Crippen molar-refractivity contribution in [3.63, 3.8) is 0 Å². The maximum atomic E-state index is 13.2. The molecule has 1 unspecified atom stereocenters. The highest BCUT2D eigenvalue weighted by Crippen LogP contribution is 2.35. The molecule has 37 heavy (non-hydrogen) atoms. The normalized spacial score (nSPS) is 18.2. The van der Waals surface area contributed by atoms with Crippen molar-refractivity contribution in [3.8, 4) is 0 Å². The van der Waals surface area contributed by atoms with Crippen LogP contribution in [0.5, 0.6) is 0 Å². The van der Waals surface area contributed by atoms with Gasteiger partial charge in [0, 0.05) is 18.7 Å². The number of rotatable bonds is 9. The van der Waals surface area contributed by atoms with Gasteiger partial charge in [-0.05, 0) is 44.2 Å². The van der Waals surface area contributed by atoms with E-state index in [2.05, 4.69) is 20.9 Å². The number of nitrogens with one attached hydrogen (secondary N) is 2. The molecule has 2 aliphatic rings. The van der Waals surface area contributed by atoms with E-state index >= 15 is 0 Å². The topological polar surface area (TPSA) is 164 Å². The second-order valence-corrected chi connectivity index (χ2v) is 11.0. The molecular formula is C25H30N6O6. The zero-order valence-corrected chi connectivity index (χ0v) is 21.2. The first-order chi connectivity index (χ1) is 17.3. The fourth-order valence-electron chi connectivity index (χ4n) is 5.11. The van der Waals surface area contributed by atoms with Gasteiger partial charge < -0.3 is 10.4 Å². The lowest BCUT2D eigenvalue weighted by molar-refractivity contribution is -0.148. The van der Waals surface area contributed by atoms with E-state index in [1.165, 1.54) is 6.07 Å². The third-order valence-corrected chi connectivity index (χ3v) is 6.60. The van der Waals surface area contributed by atoms with Crippen LogP contribution in [0.1, 0.15) is 73.4 Å². The Morgan fingerprint density at radius 1 is 1.16 bits per heavy atom. The molecule has 3 N–H and O–H groups in total. The van der Waals surface area contributed by atoms with Gasteiger partial charge in [-0.3, -0.25) is 38.9 Å². The molecular weight excluding hydrogens is 480 g/mol. The lowest BCUT2D eigenvalue weighted by Crippen LogP contribution is -2.54. The Morgan fingerprint density at radius 2 is 1.89 bits per heavy atom. The maximum Gasteiger partial charge on any atom is 0.309 e. The predicted molar refractivity (Wildman–Crippen MR) is 130 cm³/mol. The fourth-order valence-corrected chi connectivity index (χ4v) is 5.11. The minimum absolute atomic E-state index is 0.0508. The summed E-state index contributed by atoms with van der Waals surface area (Å²) in [6.07, 6.45) is 2.32. The van der Waals surface area contributed by atoms with Crippen LogP contribution in [0.3, 0.4) is 0 Å². The number of imide groups is 2. The molecule has 0 bridgehead atoms. The first-order valence-corrected chi connectivity index (χ1v) is 12.0. The van der Waals surface area contributed by atoms with E-state index in [0.717, 1.165) is 4.90 Å². The van der Waals surface area contributed by atoms with Gasteiger partial charge >= 0.3 is 5.97 Å². The van der Waals surface area contributed by atoms with E-state index < -0.39 is 41.1 Å². The van der Waals surface area contributed by atoms with Crippen molar-refractivity contribution in [2.24, 2.45) is 10.8 Å². The molecule has 4 amide bonds. The minimum Gasteiger partial charge on any atom is -0.481 e. The van der Waals surface area contributed by atoms with Gasteiger partial charge in [-0.15, -0.1) is 5.10 Å². The van der Waals surface area contributed by atoms with Gasteiger partial charge in [-0.1, -0.05) is 25.1 Å². The number of carbonyl (C=O) groups excluding carboxylic acids is 4. The lowest BCUT2D eigenvalue weighted by atomic mass is 9.75. The SMILES string of the molecule is CC(C)(Cn1cc(CNc2cccc3c2C(=O)N(C2CCC(=O)NC2=O)C3=O)nn1)CC(C)(C)C(=O)O. The standard InChI is InChI=1S/C25H30N6O6/c1-24(2,12-25(3,4)23(36)37)13-30-11-14(28-29-30)10-26-16-7-5-6-15-19(16)22(35)31(21(15)34)17-8-9-18(32)27-20(17)33/h5-7,11,17,26H,8-10,12-13H2,1-4H3,(H,36,37)(H,27,32,33). The van der Waals surface area contributed by atoms with Crippen LogP contribution in [0, 0.1) is 10.8 Å². The highest BCUT2D eigenvalue weighted by atomic mass is 16.4. The second kappa shape index (κ2) is 9.41. The molecule has 0 radical (unpaired) electrons. The summed E-state index contributed by atoms with van der Waals surface area (Å²) in [6, 6.07) is 3.81. The van der Waals surface area contributed by atoms with Gasteiger partial charge in [0.25, 0.3) is 11.8 Å². The van der Waals surface area contributed by atoms with E-state index in [1.807, 2.05) is 13.8 Å². The molecule has 0 saturated carbocycles. The van der Waals surface area contributed by atoms with Crippen LogP contribution in [-0.4, -0.2) is 60.6 Å². The molecule has 12 nitrogen and oxygen atoms in total. The van der Waals surface area contributed by atoms with Gasteiger partial charge in [-0.2, -0.15) is 0 Å². The largest absolute Gasteiger partial charge is 0.481 e. The molecule has 1 saturated heterocycles. The summed E-state index contributed by atoms with van der Waals surface area (Å²) >= 11 is 0. The minimum atomic E-state index is -1.03. The van der Waals surface area contributed by atoms with Gasteiger partial charge in [-0.25, -0.2) is 0 Å². The maximum absolute atomic E-state index is 13.2. The van der Waals surface area contributed by atoms with Crippen molar-refractivity contribution in [2.75, 3.05) is 5.32 Å². The number of aliphatic carboxylic acids is 1. The van der Waals surface area contributed by atoms with Crippen molar-refractivity contribution in [1.82, 2.24) is 25.2 Å². The van der Waals surface area contributed by atoms with Crippen LogP contribution in [0.25, 0.3) is 0 Å². The molecule has 1 fully saturated rings. The average molecular weight is 511 g/mol. The average Bonchev–Trinajstić information content (AvgIpc) is 3.33. The van der Waals surface area contributed by atoms with Crippen LogP contribution in [0.4, 0.5) is 5.69 Å². The van der Waals surface area contributed by atoms with E-state index in [0.29, 0.717) is 24.3 Å². The van der Waals surface area contributed by atoms with Crippen molar-refractivity contribution >= 4 is 35.3 Å². The summed E-state index contributed by atoms with van der Waals surface area (Å²) in [5.41, 5.74) is 0.127. The monoisotopic (exact) mass is 510 g/mol. The number of carbonyl (C=O) groups is 5. The Morgan fingerprint density at radius 3 is 2.57 bits per heavy atom. The van der Waals surface area contributed by atoms with E-state index in [-0.39, 0.29) is 35.9 Å². The number of hydrogen-bond acceptors (Lipinski definition) is 8. The number of piperidine rings is 1. The summed E-state index contributed by atoms with van der Waals surface area (Å²) < 4.78 is 1.66. The summed E-state index contributed by atoms with van der Waals surface area (Å²) in [5.74, 6) is -3.11. The molecule has 12 heteroatoms. The number of aromatic nitrogens is 3. The highest BCUT2D eigenvalue weighted by Gasteiger charge is 2.45. The Hall–Kier alpha value is -4.09. The summed E-state index contributed by atoms with van der Waals surface area (Å²) in [5, 5.41) is 23.1. The van der Waals surface area contributed by atoms with Crippen LogP contribution in [0.15, 0.2) is 24.4 Å². The second-order valence-electron chi connectivity index (χ2n) is 11.0. The van der Waals surface area contributed by atoms with Crippen LogP contribution in [0.2, 0.25) is 0 Å². The number of amides is 4. The van der Waals surface area contributed by atoms with Crippen LogP contribution >= 0.6 is 0 Å². The number of nitrogens with zero attached hydrogens (tertiary/aromatic N) is 4. The summed E-state index contributed by atoms with van der Waals surface area (Å²) in [4.78, 5) is 62.4. The third-order valence-electron chi connectivity index (χ3n) is 6.60. The lowest BCUT2D eigenvalue weighted by Gasteiger charge is -2.31. The van der Waals surface area contributed by atoms with Crippen molar-refractivity contribution in [3.05, 3.63) is 41.2 Å². The molecule has 1 aromatic heterocycles. The Bertz CT molecular complexity index is 1300. The van der Waals surface area contributed by atoms with Gasteiger partial charge in [0.05, 0.1) is 29.3 Å². The predicted octanol–water partition coefficient (Wildman–Crippen LogP) is 1.82. The molecule has 2 aromatic rings. The Balaban J connectivity index is 1.45. The first-order valence-electron chi connectivity index (χ1n) is 12.0. The molecule has 3 heterocycles. The molecule has 4 rings (SSSR count). The van der Waals surface area contributed by atoms with Gasteiger partial charge in [0.2, 0.25) is 11.8 Å². The molecule has 196 valence electrons. The molecule has 1 aromatic carbocycles. The molecule has 0 spiro atoms. The van der Waals surface area contributed by atoms with E-state index in [1.54, 1.807) is 36.9 Å². The molecule has 0 aliphatic carbocycles. The van der Waals surface area contributed by atoms with E-state index in [9.17, 15) is 29.1 Å². The summed E-state index contributed by atoms with van der Waals surface area (Å²) in [7, 11) is 0. The first kappa shape index (κ1) is 26.0. The quantitative estimate of drug-likeness (QED) is 0.427. The Kier molecular flexibility index (Phi) is 6.61. The highest BCUT2D eigenvalue weighted by molar-refractivity contribution is 6.25. The molecule has 2 aliphatic heterocycles. The smallest absolute Gasteiger partial charge is 0.309 e. The number of carboxylic acid groups (broad SMARTS) is 1. The van der Waals surface area contributed by atoms with Crippen molar-refractivity contribution in [2.45, 2.75) is 66.1 Å². The zero-order chi connectivity index (χ0) is 27.1. The number of fused-ring (bicyclic) bond motifs is 1. The Labute approximate surface area is 213 Å². The van der Waals surface area contributed by atoms with Crippen LogP contribution < -0.4 is 10.6 Å². The van der Waals surface area contributed by atoms with Gasteiger partial charge in [0.1, 0.15) is 11.7 Å². The van der Waals surface area contributed by atoms with Gasteiger partial charge in [0.15, 0.2) is 0 Å². The number of anilines is 1. The number of benzene rings is 1. The van der Waals surface area contributed by atoms with Crippen molar-refractivity contribution < 1.29 is 29.1 Å². The third kappa shape index (κ3) is 5.23.